The minimum Gasteiger partial charge on any atom is -0.493 e. The molecule has 0 spiro atoms. The summed E-state index contributed by atoms with van der Waals surface area (Å²) in [5.74, 6) is -0.846. The zero-order valence-electron chi connectivity index (χ0n) is 15.3. The molecule has 2 aromatic carbocycles. The number of carbonyl (C=O) groups is 2. The molecule has 0 fully saturated rings. The van der Waals surface area contributed by atoms with Gasteiger partial charge < -0.3 is 19.9 Å². The molecule has 0 aliphatic carbocycles. The summed E-state index contributed by atoms with van der Waals surface area (Å²) in [6.45, 7) is 3.96. The van der Waals surface area contributed by atoms with Crippen molar-refractivity contribution < 1.29 is 24.2 Å². The van der Waals surface area contributed by atoms with E-state index in [0.29, 0.717) is 0 Å². The minimum absolute atomic E-state index is 0.000250. The van der Waals surface area contributed by atoms with Gasteiger partial charge in [0.2, 0.25) is 5.91 Å². The SMILES string of the molecule is COc1cc(C(=O)O)cc(NC(=O)CC(C)(C)c2ccccc2)c1OC. The number of carboxylic acids is 1. The fourth-order valence-corrected chi connectivity index (χ4v) is 2.77. The molecule has 138 valence electrons. The van der Waals surface area contributed by atoms with Gasteiger partial charge in [-0.3, -0.25) is 4.79 Å². The predicted molar refractivity (Wildman–Crippen MR) is 99.2 cm³/mol. The summed E-state index contributed by atoms with van der Waals surface area (Å²) in [6, 6.07) is 12.4. The largest absolute Gasteiger partial charge is 0.493 e. The summed E-state index contributed by atoms with van der Waals surface area (Å²) >= 11 is 0. The molecule has 0 aromatic heterocycles. The number of nitrogens with one attached hydrogen (secondary N) is 1. The lowest BCUT2D eigenvalue weighted by molar-refractivity contribution is -0.117. The normalized spacial score (nSPS) is 10.9. The van der Waals surface area contributed by atoms with Gasteiger partial charge in [0, 0.05) is 6.42 Å². The van der Waals surface area contributed by atoms with E-state index in [1.807, 2.05) is 44.2 Å². The van der Waals surface area contributed by atoms with E-state index in [9.17, 15) is 14.7 Å². The van der Waals surface area contributed by atoms with E-state index in [4.69, 9.17) is 9.47 Å². The number of hydrogen-bond acceptors (Lipinski definition) is 4. The van der Waals surface area contributed by atoms with Crippen LogP contribution in [0.5, 0.6) is 11.5 Å². The Labute approximate surface area is 152 Å². The number of hydrogen-bond donors (Lipinski definition) is 2. The third-order valence-electron chi connectivity index (χ3n) is 4.16. The first kappa shape index (κ1) is 19.3. The van der Waals surface area contributed by atoms with Crippen molar-refractivity contribution in [2.45, 2.75) is 25.7 Å². The lowest BCUT2D eigenvalue weighted by Gasteiger charge is -2.25. The smallest absolute Gasteiger partial charge is 0.335 e. The number of rotatable bonds is 7. The Kier molecular flexibility index (Phi) is 5.87. The molecule has 1 amide bonds. The summed E-state index contributed by atoms with van der Waals surface area (Å²) in [7, 11) is 2.84. The van der Waals surface area contributed by atoms with Crippen molar-refractivity contribution in [2.24, 2.45) is 0 Å². The molecule has 6 nitrogen and oxygen atoms in total. The second kappa shape index (κ2) is 7.91. The lowest BCUT2D eigenvalue weighted by Crippen LogP contribution is -2.26. The first-order valence-electron chi connectivity index (χ1n) is 8.13. The van der Waals surface area contributed by atoms with Gasteiger partial charge in [-0.2, -0.15) is 0 Å². The summed E-state index contributed by atoms with van der Waals surface area (Å²) in [5.41, 5.74) is 0.921. The summed E-state index contributed by atoms with van der Waals surface area (Å²) in [4.78, 5) is 23.9. The molecule has 2 rings (SSSR count). The molecule has 0 bridgehead atoms. The Hall–Kier alpha value is -3.02. The van der Waals surface area contributed by atoms with E-state index in [-0.39, 0.29) is 40.5 Å². The second-order valence-corrected chi connectivity index (χ2v) is 6.54. The number of benzene rings is 2. The van der Waals surface area contributed by atoms with Gasteiger partial charge in [0.1, 0.15) is 0 Å². The number of aromatic carboxylic acids is 1. The number of carboxylic acid groups (broad SMARTS) is 1. The van der Waals surface area contributed by atoms with Gasteiger partial charge in [-0.25, -0.2) is 4.79 Å². The molecule has 2 aromatic rings. The molecule has 0 saturated carbocycles. The number of anilines is 1. The molecule has 0 saturated heterocycles. The molecule has 6 heteroatoms. The highest BCUT2D eigenvalue weighted by molar-refractivity contribution is 5.97. The Morgan fingerprint density at radius 1 is 1.08 bits per heavy atom. The third kappa shape index (κ3) is 4.33. The van der Waals surface area contributed by atoms with Gasteiger partial charge in [0.15, 0.2) is 11.5 Å². The first-order valence-corrected chi connectivity index (χ1v) is 8.13. The minimum atomic E-state index is -1.12. The molecule has 2 N–H and O–H groups in total. The second-order valence-electron chi connectivity index (χ2n) is 6.54. The van der Waals surface area contributed by atoms with Crippen LogP contribution in [-0.4, -0.2) is 31.2 Å². The standard InChI is InChI=1S/C20H23NO5/c1-20(2,14-8-6-5-7-9-14)12-17(22)21-15-10-13(19(23)24)11-16(25-3)18(15)26-4/h5-11H,12H2,1-4H3,(H,21,22)(H,23,24). The Balaban J connectivity index is 2.28. The number of carbonyl (C=O) groups excluding carboxylic acids is 1. The van der Waals surface area contributed by atoms with Crippen molar-refractivity contribution in [1.82, 2.24) is 0 Å². The predicted octanol–water partition coefficient (Wildman–Crippen LogP) is 3.71. The van der Waals surface area contributed by atoms with Gasteiger partial charge >= 0.3 is 5.97 Å². The summed E-state index contributed by atoms with van der Waals surface area (Å²) in [6.07, 6.45) is 0.222. The highest BCUT2D eigenvalue weighted by Gasteiger charge is 2.25. The van der Waals surface area contributed by atoms with Crippen LogP contribution in [0.3, 0.4) is 0 Å². The van der Waals surface area contributed by atoms with Crippen LogP contribution in [0.15, 0.2) is 42.5 Å². The van der Waals surface area contributed by atoms with Crippen LogP contribution in [0.2, 0.25) is 0 Å². The van der Waals surface area contributed by atoms with E-state index in [1.54, 1.807) is 0 Å². The average molecular weight is 357 g/mol. The van der Waals surface area contributed by atoms with Crippen LogP contribution in [0.1, 0.15) is 36.2 Å². The maximum absolute atomic E-state index is 12.6. The highest BCUT2D eigenvalue weighted by Crippen LogP contribution is 2.37. The van der Waals surface area contributed by atoms with Gasteiger partial charge in [0.25, 0.3) is 0 Å². The van der Waals surface area contributed by atoms with Crippen LogP contribution >= 0.6 is 0 Å². The Morgan fingerprint density at radius 3 is 2.27 bits per heavy atom. The Morgan fingerprint density at radius 2 is 1.73 bits per heavy atom. The zero-order chi connectivity index (χ0) is 19.3. The molecule has 26 heavy (non-hydrogen) atoms. The number of ether oxygens (including phenoxy) is 2. The van der Waals surface area contributed by atoms with E-state index in [0.717, 1.165) is 5.56 Å². The Bertz CT molecular complexity index is 799. The average Bonchev–Trinajstić information content (AvgIpc) is 2.61. The van der Waals surface area contributed by atoms with Gasteiger partial charge in [-0.1, -0.05) is 44.2 Å². The molecule has 0 unspecified atom stereocenters. The van der Waals surface area contributed by atoms with Crippen molar-refractivity contribution >= 4 is 17.6 Å². The molecule has 0 atom stereocenters. The van der Waals surface area contributed by atoms with Crippen LogP contribution < -0.4 is 14.8 Å². The molecule has 0 aliphatic heterocycles. The maximum atomic E-state index is 12.6. The van der Waals surface area contributed by atoms with E-state index < -0.39 is 5.97 Å². The van der Waals surface area contributed by atoms with Crippen molar-refractivity contribution in [3.8, 4) is 11.5 Å². The fraction of sp³-hybridized carbons (Fsp3) is 0.300. The van der Waals surface area contributed by atoms with Crippen molar-refractivity contribution in [3.63, 3.8) is 0 Å². The molecule has 0 heterocycles. The third-order valence-corrected chi connectivity index (χ3v) is 4.16. The van der Waals surface area contributed by atoms with E-state index >= 15 is 0 Å². The topological polar surface area (TPSA) is 84.9 Å². The number of amides is 1. The van der Waals surface area contributed by atoms with E-state index in [1.165, 1.54) is 26.4 Å². The first-order chi connectivity index (χ1) is 12.3. The monoisotopic (exact) mass is 357 g/mol. The van der Waals surface area contributed by atoms with Crippen LogP contribution in [0, 0.1) is 0 Å². The summed E-state index contributed by atoms with van der Waals surface area (Å²) < 4.78 is 10.5. The fourth-order valence-electron chi connectivity index (χ4n) is 2.77. The quantitative estimate of drug-likeness (QED) is 0.789. The maximum Gasteiger partial charge on any atom is 0.335 e. The van der Waals surface area contributed by atoms with Crippen LogP contribution in [0.25, 0.3) is 0 Å². The molecular weight excluding hydrogens is 334 g/mol. The van der Waals surface area contributed by atoms with Crippen molar-refractivity contribution in [3.05, 3.63) is 53.6 Å². The summed E-state index contributed by atoms with van der Waals surface area (Å²) in [5, 5.41) is 12.0. The highest BCUT2D eigenvalue weighted by atomic mass is 16.5. The van der Waals surface area contributed by atoms with Crippen LogP contribution in [-0.2, 0) is 10.2 Å². The zero-order valence-corrected chi connectivity index (χ0v) is 15.3. The van der Waals surface area contributed by atoms with Crippen molar-refractivity contribution in [1.29, 1.82) is 0 Å². The molecule has 0 radical (unpaired) electrons. The number of methoxy groups -OCH3 is 2. The molecular formula is C20H23NO5. The van der Waals surface area contributed by atoms with E-state index in [2.05, 4.69) is 5.32 Å². The van der Waals surface area contributed by atoms with Crippen molar-refractivity contribution in [2.75, 3.05) is 19.5 Å². The van der Waals surface area contributed by atoms with Gasteiger partial charge in [0.05, 0.1) is 25.5 Å². The van der Waals surface area contributed by atoms with Gasteiger partial charge in [-0.15, -0.1) is 0 Å². The lowest BCUT2D eigenvalue weighted by atomic mass is 9.81. The molecule has 0 aliphatic rings. The van der Waals surface area contributed by atoms with Crippen LogP contribution in [0.4, 0.5) is 5.69 Å². The van der Waals surface area contributed by atoms with Gasteiger partial charge in [-0.05, 0) is 23.1 Å².